The summed E-state index contributed by atoms with van der Waals surface area (Å²) in [6.45, 7) is 1.81. The summed E-state index contributed by atoms with van der Waals surface area (Å²) < 4.78 is 26.0. The fourth-order valence-electron chi connectivity index (χ4n) is 1.78. The SMILES string of the molecule is CNc1ccc(S(=O)(=O)NC)cc1NC(=O)c1csc(C)n1. The fourth-order valence-corrected chi connectivity index (χ4v) is 3.13. The van der Waals surface area contributed by atoms with Crippen LogP contribution in [0.3, 0.4) is 0 Å². The molecule has 22 heavy (non-hydrogen) atoms. The van der Waals surface area contributed by atoms with Gasteiger partial charge in [0, 0.05) is 12.4 Å². The average molecular weight is 340 g/mol. The van der Waals surface area contributed by atoms with E-state index in [2.05, 4.69) is 20.3 Å². The lowest BCUT2D eigenvalue weighted by atomic mass is 10.2. The average Bonchev–Trinajstić information content (AvgIpc) is 2.93. The number of hydrogen-bond acceptors (Lipinski definition) is 6. The van der Waals surface area contributed by atoms with E-state index >= 15 is 0 Å². The zero-order chi connectivity index (χ0) is 16.3. The Morgan fingerprint density at radius 1 is 1.23 bits per heavy atom. The summed E-state index contributed by atoms with van der Waals surface area (Å²) in [6, 6.07) is 4.45. The van der Waals surface area contributed by atoms with E-state index in [1.165, 1.54) is 30.5 Å². The van der Waals surface area contributed by atoms with Crippen LogP contribution < -0.4 is 15.4 Å². The maximum atomic E-state index is 12.2. The van der Waals surface area contributed by atoms with E-state index in [0.717, 1.165) is 5.01 Å². The molecule has 0 aliphatic carbocycles. The molecule has 0 aliphatic heterocycles. The van der Waals surface area contributed by atoms with Gasteiger partial charge in [-0.15, -0.1) is 11.3 Å². The molecular weight excluding hydrogens is 324 g/mol. The minimum Gasteiger partial charge on any atom is -0.386 e. The first kappa shape index (κ1) is 16.4. The Kier molecular flexibility index (Phi) is 4.79. The van der Waals surface area contributed by atoms with Crippen molar-refractivity contribution in [1.82, 2.24) is 9.71 Å². The maximum Gasteiger partial charge on any atom is 0.275 e. The van der Waals surface area contributed by atoms with Crippen molar-refractivity contribution in [2.75, 3.05) is 24.7 Å². The summed E-state index contributed by atoms with van der Waals surface area (Å²) in [6.07, 6.45) is 0. The van der Waals surface area contributed by atoms with E-state index in [1.54, 1.807) is 25.4 Å². The minimum atomic E-state index is -3.58. The number of thiazole rings is 1. The Labute approximate surface area is 132 Å². The van der Waals surface area contributed by atoms with Gasteiger partial charge in [-0.2, -0.15) is 0 Å². The van der Waals surface area contributed by atoms with Crippen LogP contribution in [-0.2, 0) is 10.0 Å². The molecule has 1 aromatic carbocycles. The van der Waals surface area contributed by atoms with Crippen molar-refractivity contribution >= 4 is 38.6 Å². The highest BCUT2D eigenvalue weighted by molar-refractivity contribution is 7.89. The number of hydrogen-bond donors (Lipinski definition) is 3. The Bertz CT molecular complexity index is 799. The van der Waals surface area contributed by atoms with Gasteiger partial charge >= 0.3 is 0 Å². The van der Waals surface area contributed by atoms with Crippen molar-refractivity contribution in [3.63, 3.8) is 0 Å². The van der Waals surface area contributed by atoms with Crippen molar-refractivity contribution in [1.29, 1.82) is 0 Å². The molecule has 0 bridgehead atoms. The van der Waals surface area contributed by atoms with Gasteiger partial charge in [-0.05, 0) is 32.2 Å². The molecule has 0 fully saturated rings. The summed E-state index contributed by atoms with van der Waals surface area (Å²) in [5.74, 6) is -0.389. The third-order valence-electron chi connectivity index (χ3n) is 2.94. The number of carbonyl (C=O) groups is 1. The number of carbonyl (C=O) groups excluding carboxylic acids is 1. The molecule has 0 aliphatic rings. The van der Waals surface area contributed by atoms with Crippen LogP contribution in [-0.4, -0.2) is 33.4 Å². The Hall–Kier alpha value is -1.97. The van der Waals surface area contributed by atoms with Crippen LogP contribution in [0, 0.1) is 6.92 Å². The van der Waals surface area contributed by atoms with E-state index in [0.29, 0.717) is 17.1 Å². The minimum absolute atomic E-state index is 0.0683. The van der Waals surface area contributed by atoms with Crippen LogP contribution >= 0.6 is 11.3 Å². The molecule has 0 saturated carbocycles. The molecule has 2 aromatic rings. The van der Waals surface area contributed by atoms with Gasteiger partial charge in [0.05, 0.1) is 21.3 Å². The summed E-state index contributed by atoms with van der Waals surface area (Å²) in [5, 5.41) is 8.02. The lowest BCUT2D eigenvalue weighted by Gasteiger charge is -2.12. The molecule has 0 radical (unpaired) electrons. The second-order valence-electron chi connectivity index (χ2n) is 4.37. The summed E-state index contributed by atoms with van der Waals surface area (Å²) >= 11 is 1.37. The third kappa shape index (κ3) is 3.43. The number of anilines is 2. The van der Waals surface area contributed by atoms with Crippen LogP contribution in [0.1, 0.15) is 15.5 Å². The first-order valence-electron chi connectivity index (χ1n) is 6.36. The zero-order valence-corrected chi connectivity index (χ0v) is 13.9. The van der Waals surface area contributed by atoms with Gasteiger partial charge in [0.2, 0.25) is 10.0 Å². The summed E-state index contributed by atoms with van der Waals surface area (Å²) in [4.78, 5) is 16.3. The Morgan fingerprint density at radius 2 is 1.95 bits per heavy atom. The molecule has 1 aromatic heterocycles. The first-order valence-corrected chi connectivity index (χ1v) is 8.72. The van der Waals surface area contributed by atoms with Crippen molar-refractivity contribution in [3.05, 3.63) is 34.3 Å². The van der Waals surface area contributed by atoms with Gasteiger partial charge in [0.1, 0.15) is 5.69 Å². The quantitative estimate of drug-likeness (QED) is 0.768. The molecule has 7 nitrogen and oxygen atoms in total. The van der Waals surface area contributed by atoms with Crippen LogP contribution in [0.15, 0.2) is 28.5 Å². The van der Waals surface area contributed by atoms with E-state index in [1.807, 2.05) is 0 Å². The lowest BCUT2D eigenvalue weighted by Crippen LogP contribution is -2.19. The highest BCUT2D eigenvalue weighted by atomic mass is 32.2. The van der Waals surface area contributed by atoms with Crippen LogP contribution in [0.4, 0.5) is 11.4 Å². The standard InChI is InChI=1S/C13H16N4O3S2/c1-8-16-12(7-21-8)13(18)17-11-6-9(22(19,20)15-3)4-5-10(11)14-2/h4-7,14-15H,1-3H3,(H,17,18). The second kappa shape index (κ2) is 6.42. The van der Waals surface area contributed by atoms with Gasteiger partial charge in [-0.1, -0.05) is 0 Å². The van der Waals surface area contributed by atoms with Crippen molar-refractivity contribution in [3.8, 4) is 0 Å². The number of rotatable bonds is 5. The molecule has 118 valence electrons. The third-order valence-corrected chi connectivity index (χ3v) is 5.12. The topological polar surface area (TPSA) is 100 Å². The van der Waals surface area contributed by atoms with Crippen molar-refractivity contribution < 1.29 is 13.2 Å². The highest BCUT2D eigenvalue weighted by Gasteiger charge is 2.16. The van der Waals surface area contributed by atoms with E-state index in [4.69, 9.17) is 0 Å². The number of nitrogens with one attached hydrogen (secondary N) is 3. The second-order valence-corrected chi connectivity index (χ2v) is 7.32. The Balaban J connectivity index is 2.36. The molecule has 1 heterocycles. The molecule has 3 N–H and O–H groups in total. The number of aromatic nitrogens is 1. The van der Waals surface area contributed by atoms with Gasteiger partial charge < -0.3 is 10.6 Å². The summed E-state index contributed by atoms with van der Waals surface area (Å²) in [7, 11) is -0.569. The zero-order valence-electron chi connectivity index (χ0n) is 12.3. The van der Waals surface area contributed by atoms with E-state index in [-0.39, 0.29) is 10.8 Å². The molecule has 0 spiro atoms. The monoisotopic (exact) mass is 340 g/mol. The number of aryl methyl sites for hydroxylation is 1. The Morgan fingerprint density at radius 3 is 2.50 bits per heavy atom. The number of sulfonamides is 1. The highest BCUT2D eigenvalue weighted by Crippen LogP contribution is 2.25. The smallest absolute Gasteiger partial charge is 0.275 e. The fraction of sp³-hybridized carbons (Fsp3) is 0.231. The van der Waals surface area contributed by atoms with Gasteiger partial charge in [0.25, 0.3) is 5.91 Å². The van der Waals surface area contributed by atoms with Gasteiger partial charge in [-0.25, -0.2) is 18.1 Å². The molecular formula is C13H16N4O3S2. The number of nitrogens with zero attached hydrogens (tertiary/aromatic N) is 1. The predicted octanol–water partition coefficient (Wildman–Crippen LogP) is 1.65. The lowest BCUT2D eigenvalue weighted by molar-refractivity contribution is 0.102. The first-order chi connectivity index (χ1) is 10.4. The van der Waals surface area contributed by atoms with E-state index in [9.17, 15) is 13.2 Å². The maximum absolute atomic E-state index is 12.2. The molecule has 9 heteroatoms. The molecule has 1 amide bonds. The molecule has 2 rings (SSSR count). The van der Waals surface area contributed by atoms with Crippen molar-refractivity contribution in [2.45, 2.75) is 11.8 Å². The van der Waals surface area contributed by atoms with E-state index < -0.39 is 10.0 Å². The molecule has 0 saturated heterocycles. The van der Waals surface area contributed by atoms with Crippen LogP contribution in [0.5, 0.6) is 0 Å². The van der Waals surface area contributed by atoms with Crippen LogP contribution in [0.2, 0.25) is 0 Å². The normalized spacial score (nSPS) is 11.2. The number of amides is 1. The summed E-state index contributed by atoms with van der Waals surface area (Å²) in [5.41, 5.74) is 1.27. The number of benzene rings is 1. The van der Waals surface area contributed by atoms with Gasteiger partial charge in [0.15, 0.2) is 0 Å². The molecule has 0 atom stereocenters. The van der Waals surface area contributed by atoms with Crippen molar-refractivity contribution in [2.24, 2.45) is 0 Å². The largest absolute Gasteiger partial charge is 0.386 e. The molecule has 0 unspecified atom stereocenters. The van der Waals surface area contributed by atoms with Gasteiger partial charge in [-0.3, -0.25) is 4.79 Å². The van der Waals surface area contributed by atoms with Crippen LogP contribution in [0.25, 0.3) is 0 Å². The predicted molar refractivity (Wildman–Crippen MR) is 87.0 cm³/mol.